The van der Waals surface area contributed by atoms with E-state index in [4.69, 9.17) is 4.74 Å². The van der Waals surface area contributed by atoms with E-state index in [9.17, 15) is 5.11 Å². The van der Waals surface area contributed by atoms with Crippen LogP contribution in [0, 0.1) is 5.92 Å². The Morgan fingerprint density at radius 1 is 1.69 bits per heavy atom. The first-order valence-electron chi connectivity index (χ1n) is 5.98. The summed E-state index contributed by atoms with van der Waals surface area (Å²) >= 11 is 0. The number of nitrogens with zero attached hydrogens (tertiary/aromatic N) is 2. The van der Waals surface area contributed by atoms with Crippen LogP contribution in [0.4, 0.5) is 0 Å². The molecule has 2 atom stereocenters. The Morgan fingerprint density at radius 3 is 3.19 bits per heavy atom. The Morgan fingerprint density at radius 2 is 2.56 bits per heavy atom. The van der Waals surface area contributed by atoms with E-state index in [1.807, 2.05) is 17.8 Å². The van der Waals surface area contributed by atoms with Crippen molar-refractivity contribution in [2.24, 2.45) is 13.0 Å². The highest BCUT2D eigenvalue weighted by Gasteiger charge is 2.19. The second kappa shape index (κ2) is 5.46. The van der Waals surface area contributed by atoms with E-state index in [-0.39, 0.29) is 6.10 Å². The fraction of sp³-hybridized carbons (Fsp3) is 0.750. The predicted octanol–water partition coefficient (Wildman–Crippen LogP) is 1.14. The lowest BCUT2D eigenvalue weighted by molar-refractivity contribution is 0.121. The topological polar surface area (TPSA) is 47.3 Å². The monoisotopic (exact) mass is 224 g/mol. The molecule has 1 saturated heterocycles. The van der Waals surface area contributed by atoms with Gasteiger partial charge in [0.25, 0.3) is 0 Å². The smallest absolute Gasteiger partial charge is 0.0547 e. The van der Waals surface area contributed by atoms with E-state index in [2.05, 4.69) is 5.10 Å². The van der Waals surface area contributed by atoms with Crippen LogP contribution < -0.4 is 0 Å². The van der Waals surface area contributed by atoms with Crippen LogP contribution >= 0.6 is 0 Å². The number of aliphatic hydroxyl groups is 1. The van der Waals surface area contributed by atoms with E-state index in [0.717, 1.165) is 38.9 Å². The predicted molar refractivity (Wildman–Crippen MR) is 61.1 cm³/mol. The molecule has 4 heteroatoms. The summed E-state index contributed by atoms with van der Waals surface area (Å²) in [7, 11) is 1.94. The van der Waals surface area contributed by atoms with Gasteiger partial charge in [-0.3, -0.25) is 4.68 Å². The quantitative estimate of drug-likeness (QED) is 0.816. The fourth-order valence-corrected chi connectivity index (χ4v) is 2.23. The van der Waals surface area contributed by atoms with Gasteiger partial charge in [0.1, 0.15) is 0 Å². The van der Waals surface area contributed by atoms with Gasteiger partial charge in [-0.05, 0) is 37.7 Å². The van der Waals surface area contributed by atoms with Crippen molar-refractivity contribution in [2.45, 2.75) is 31.8 Å². The molecule has 0 spiro atoms. The van der Waals surface area contributed by atoms with Crippen molar-refractivity contribution in [1.29, 1.82) is 0 Å². The minimum Gasteiger partial charge on any atom is -0.393 e. The van der Waals surface area contributed by atoms with Gasteiger partial charge in [0.05, 0.1) is 6.10 Å². The second-order valence-electron chi connectivity index (χ2n) is 4.60. The molecule has 0 aliphatic carbocycles. The van der Waals surface area contributed by atoms with Crippen molar-refractivity contribution in [3.8, 4) is 0 Å². The summed E-state index contributed by atoms with van der Waals surface area (Å²) in [5.74, 6) is 0.557. The first-order valence-corrected chi connectivity index (χ1v) is 5.98. The van der Waals surface area contributed by atoms with E-state index in [1.165, 1.54) is 5.69 Å². The molecular formula is C12H20N2O2. The zero-order chi connectivity index (χ0) is 11.4. The molecule has 2 rings (SSSR count). The molecular weight excluding hydrogens is 204 g/mol. The van der Waals surface area contributed by atoms with Crippen molar-refractivity contribution in [1.82, 2.24) is 9.78 Å². The van der Waals surface area contributed by atoms with Crippen LogP contribution in [0.3, 0.4) is 0 Å². The number of aromatic nitrogens is 2. The van der Waals surface area contributed by atoms with Gasteiger partial charge in [-0.1, -0.05) is 0 Å². The highest BCUT2D eigenvalue weighted by molar-refractivity contribution is 5.00. The molecule has 16 heavy (non-hydrogen) atoms. The number of hydrogen-bond acceptors (Lipinski definition) is 3. The van der Waals surface area contributed by atoms with Crippen LogP contribution in [0.1, 0.15) is 25.0 Å². The molecule has 0 radical (unpaired) electrons. The highest BCUT2D eigenvalue weighted by atomic mass is 16.5. The summed E-state index contributed by atoms with van der Waals surface area (Å²) < 4.78 is 7.17. The standard InChI is InChI=1S/C12H20N2O2/c1-14-11(4-6-13-14)2-3-12(15)8-10-5-7-16-9-10/h4,6,10,12,15H,2-3,5,7-9H2,1H3. The molecule has 2 heterocycles. The van der Waals surface area contributed by atoms with Gasteiger partial charge in [0, 0.05) is 32.2 Å². The number of aliphatic hydroxyl groups excluding tert-OH is 1. The maximum atomic E-state index is 9.91. The molecule has 0 amide bonds. The average molecular weight is 224 g/mol. The number of hydrogen-bond donors (Lipinski definition) is 1. The summed E-state index contributed by atoms with van der Waals surface area (Å²) in [6.45, 7) is 1.68. The molecule has 1 aromatic rings. The van der Waals surface area contributed by atoms with Gasteiger partial charge in [-0.2, -0.15) is 5.10 Å². The third-order valence-corrected chi connectivity index (χ3v) is 3.29. The summed E-state index contributed by atoms with van der Waals surface area (Å²) in [6, 6.07) is 2.01. The van der Waals surface area contributed by atoms with E-state index in [1.54, 1.807) is 6.20 Å². The lowest BCUT2D eigenvalue weighted by Crippen LogP contribution is -2.15. The van der Waals surface area contributed by atoms with E-state index >= 15 is 0 Å². The third kappa shape index (κ3) is 3.06. The van der Waals surface area contributed by atoms with Gasteiger partial charge in [0.2, 0.25) is 0 Å². The first kappa shape index (κ1) is 11.6. The van der Waals surface area contributed by atoms with Crippen molar-refractivity contribution in [3.63, 3.8) is 0 Å². The van der Waals surface area contributed by atoms with Crippen LogP contribution in [0.5, 0.6) is 0 Å². The number of rotatable bonds is 5. The van der Waals surface area contributed by atoms with Crippen LogP contribution in [-0.4, -0.2) is 34.2 Å². The minimum absolute atomic E-state index is 0.207. The van der Waals surface area contributed by atoms with Crippen molar-refractivity contribution in [2.75, 3.05) is 13.2 Å². The molecule has 1 aliphatic rings. The maximum Gasteiger partial charge on any atom is 0.0547 e. The molecule has 1 aromatic heterocycles. The molecule has 2 unspecified atom stereocenters. The van der Waals surface area contributed by atoms with Gasteiger partial charge < -0.3 is 9.84 Å². The average Bonchev–Trinajstić information content (AvgIpc) is 2.87. The Kier molecular flexibility index (Phi) is 3.96. The molecule has 90 valence electrons. The lowest BCUT2D eigenvalue weighted by Gasteiger charge is -2.14. The largest absolute Gasteiger partial charge is 0.393 e. The zero-order valence-electron chi connectivity index (χ0n) is 9.80. The Labute approximate surface area is 96.2 Å². The van der Waals surface area contributed by atoms with Gasteiger partial charge in [-0.15, -0.1) is 0 Å². The van der Waals surface area contributed by atoms with Crippen LogP contribution in [0.15, 0.2) is 12.3 Å². The lowest BCUT2D eigenvalue weighted by atomic mass is 9.98. The van der Waals surface area contributed by atoms with Crippen LogP contribution in [-0.2, 0) is 18.2 Å². The molecule has 1 fully saturated rings. The van der Waals surface area contributed by atoms with Crippen LogP contribution in [0.25, 0.3) is 0 Å². The van der Waals surface area contributed by atoms with Gasteiger partial charge in [0.15, 0.2) is 0 Å². The van der Waals surface area contributed by atoms with Gasteiger partial charge in [-0.25, -0.2) is 0 Å². The Hall–Kier alpha value is -0.870. The summed E-state index contributed by atoms with van der Waals surface area (Å²) in [5, 5.41) is 14.0. The van der Waals surface area contributed by atoms with Gasteiger partial charge >= 0.3 is 0 Å². The number of aryl methyl sites for hydroxylation is 2. The third-order valence-electron chi connectivity index (χ3n) is 3.29. The fourth-order valence-electron chi connectivity index (χ4n) is 2.23. The molecule has 0 aromatic carbocycles. The first-order chi connectivity index (χ1) is 7.75. The normalized spacial score (nSPS) is 22.5. The van der Waals surface area contributed by atoms with Crippen LogP contribution in [0.2, 0.25) is 0 Å². The molecule has 0 bridgehead atoms. The SMILES string of the molecule is Cn1nccc1CCC(O)CC1CCOC1. The maximum absolute atomic E-state index is 9.91. The summed E-state index contributed by atoms with van der Waals surface area (Å²) in [6.07, 6.45) is 5.27. The van der Waals surface area contributed by atoms with Crippen molar-refractivity contribution < 1.29 is 9.84 Å². The molecule has 0 saturated carbocycles. The Balaban J connectivity index is 1.71. The molecule has 4 nitrogen and oxygen atoms in total. The Bertz CT molecular complexity index is 319. The summed E-state index contributed by atoms with van der Waals surface area (Å²) in [5.41, 5.74) is 1.18. The molecule has 1 N–H and O–H groups in total. The zero-order valence-corrected chi connectivity index (χ0v) is 9.80. The highest BCUT2D eigenvalue weighted by Crippen LogP contribution is 2.20. The second-order valence-corrected chi connectivity index (χ2v) is 4.60. The summed E-state index contributed by atoms with van der Waals surface area (Å²) in [4.78, 5) is 0. The number of ether oxygens (including phenoxy) is 1. The molecule has 1 aliphatic heterocycles. The van der Waals surface area contributed by atoms with E-state index in [0.29, 0.717) is 5.92 Å². The van der Waals surface area contributed by atoms with E-state index < -0.39 is 0 Å². The van der Waals surface area contributed by atoms with Crippen molar-refractivity contribution in [3.05, 3.63) is 18.0 Å². The van der Waals surface area contributed by atoms with Crippen molar-refractivity contribution >= 4 is 0 Å². The minimum atomic E-state index is -0.207.